The molecule has 1 heterocycles. The first-order chi connectivity index (χ1) is 9.13. The second-order valence-electron chi connectivity index (χ2n) is 4.86. The molecule has 1 N–H and O–H groups in total. The van der Waals surface area contributed by atoms with E-state index in [2.05, 4.69) is 9.88 Å². The number of aryl methyl sites for hydroxylation is 1. The largest absolute Gasteiger partial charge is 0.481 e. The zero-order valence-electron chi connectivity index (χ0n) is 11.4. The van der Waals surface area contributed by atoms with Gasteiger partial charge in [-0.3, -0.25) is 4.79 Å². The van der Waals surface area contributed by atoms with Gasteiger partial charge in [0.15, 0.2) is 5.13 Å². The predicted molar refractivity (Wildman–Crippen MR) is 75.2 cm³/mol. The number of rotatable bonds is 6. The predicted octanol–water partition coefficient (Wildman–Crippen LogP) is 2.12. The van der Waals surface area contributed by atoms with E-state index in [1.165, 1.54) is 0 Å². The first-order valence-electron chi connectivity index (χ1n) is 6.56. The molecule has 0 spiro atoms. The molecule has 0 aromatic carbocycles. The maximum absolute atomic E-state index is 11.2. The van der Waals surface area contributed by atoms with Crippen LogP contribution in [0.15, 0.2) is 0 Å². The SMILES string of the molecule is COCCCN(C)c1nc2c(s1)CCCC2C(=O)O. The normalized spacial score (nSPS) is 18.1. The van der Waals surface area contributed by atoms with E-state index in [-0.39, 0.29) is 0 Å². The molecule has 0 saturated heterocycles. The Morgan fingerprint density at radius 3 is 3.11 bits per heavy atom. The summed E-state index contributed by atoms with van der Waals surface area (Å²) in [4.78, 5) is 19.0. The third kappa shape index (κ3) is 3.25. The van der Waals surface area contributed by atoms with E-state index in [1.807, 2.05) is 7.05 Å². The number of carboxylic acids is 1. The highest BCUT2D eigenvalue weighted by Gasteiger charge is 2.30. The molecule has 0 fully saturated rings. The lowest BCUT2D eigenvalue weighted by atomic mass is 9.91. The molecular weight excluding hydrogens is 264 g/mol. The monoisotopic (exact) mass is 284 g/mol. The van der Waals surface area contributed by atoms with Crippen molar-refractivity contribution < 1.29 is 14.6 Å². The number of aromatic nitrogens is 1. The van der Waals surface area contributed by atoms with Gasteiger partial charge in [-0.15, -0.1) is 11.3 Å². The first-order valence-corrected chi connectivity index (χ1v) is 7.37. The van der Waals surface area contributed by atoms with Gasteiger partial charge in [0, 0.05) is 32.2 Å². The Balaban J connectivity index is 2.10. The molecule has 1 atom stereocenters. The van der Waals surface area contributed by atoms with Crippen molar-refractivity contribution in [3.8, 4) is 0 Å². The number of anilines is 1. The van der Waals surface area contributed by atoms with Crippen LogP contribution in [0.2, 0.25) is 0 Å². The molecule has 19 heavy (non-hydrogen) atoms. The number of carboxylic acid groups (broad SMARTS) is 1. The van der Waals surface area contributed by atoms with Crippen LogP contribution < -0.4 is 4.90 Å². The van der Waals surface area contributed by atoms with Gasteiger partial charge >= 0.3 is 5.97 Å². The minimum Gasteiger partial charge on any atom is -0.481 e. The van der Waals surface area contributed by atoms with Gasteiger partial charge in [0.2, 0.25) is 0 Å². The number of carbonyl (C=O) groups is 1. The maximum atomic E-state index is 11.2. The van der Waals surface area contributed by atoms with Crippen molar-refractivity contribution in [2.45, 2.75) is 31.6 Å². The highest BCUT2D eigenvalue weighted by molar-refractivity contribution is 7.15. The van der Waals surface area contributed by atoms with Gasteiger partial charge in [-0.25, -0.2) is 4.98 Å². The third-order valence-corrected chi connectivity index (χ3v) is 4.65. The Morgan fingerprint density at radius 2 is 2.42 bits per heavy atom. The van der Waals surface area contributed by atoms with Gasteiger partial charge in [0.25, 0.3) is 0 Å². The third-order valence-electron chi connectivity index (χ3n) is 3.41. The Bertz CT molecular complexity index is 447. The molecule has 0 amide bonds. The second-order valence-corrected chi connectivity index (χ2v) is 5.92. The summed E-state index contributed by atoms with van der Waals surface area (Å²) in [7, 11) is 3.69. The second kappa shape index (κ2) is 6.34. The topological polar surface area (TPSA) is 62.7 Å². The fourth-order valence-corrected chi connectivity index (χ4v) is 3.50. The number of fused-ring (bicyclic) bond motifs is 1. The first kappa shape index (κ1) is 14.3. The van der Waals surface area contributed by atoms with Crippen LogP contribution in [-0.2, 0) is 16.0 Å². The summed E-state index contributed by atoms with van der Waals surface area (Å²) < 4.78 is 5.04. The summed E-state index contributed by atoms with van der Waals surface area (Å²) in [5, 5.41) is 10.2. The summed E-state index contributed by atoms with van der Waals surface area (Å²) in [6, 6.07) is 0. The van der Waals surface area contributed by atoms with E-state index in [0.29, 0.717) is 6.42 Å². The van der Waals surface area contributed by atoms with Gasteiger partial charge in [0.1, 0.15) is 5.92 Å². The van der Waals surface area contributed by atoms with Gasteiger partial charge in [-0.05, 0) is 25.7 Å². The van der Waals surface area contributed by atoms with E-state index in [9.17, 15) is 9.90 Å². The fraction of sp³-hybridized carbons (Fsp3) is 0.692. The lowest BCUT2D eigenvalue weighted by Crippen LogP contribution is -2.20. The Morgan fingerprint density at radius 1 is 1.63 bits per heavy atom. The van der Waals surface area contributed by atoms with Crippen LogP contribution in [0.5, 0.6) is 0 Å². The molecule has 0 saturated carbocycles. The molecule has 5 nitrogen and oxygen atoms in total. The van der Waals surface area contributed by atoms with Crippen molar-refractivity contribution in [3.63, 3.8) is 0 Å². The summed E-state index contributed by atoms with van der Waals surface area (Å²) >= 11 is 1.63. The zero-order valence-corrected chi connectivity index (χ0v) is 12.2. The summed E-state index contributed by atoms with van der Waals surface area (Å²) in [6.45, 7) is 1.60. The highest BCUT2D eigenvalue weighted by Crippen LogP contribution is 2.37. The molecule has 1 aromatic rings. The van der Waals surface area contributed by atoms with Crippen LogP contribution in [0.3, 0.4) is 0 Å². The summed E-state index contributed by atoms with van der Waals surface area (Å²) in [6.07, 6.45) is 3.56. The highest BCUT2D eigenvalue weighted by atomic mass is 32.1. The minimum absolute atomic E-state index is 0.416. The van der Waals surface area contributed by atoms with Crippen molar-refractivity contribution in [2.24, 2.45) is 0 Å². The van der Waals surface area contributed by atoms with Crippen molar-refractivity contribution in [1.82, 2.24) is 4.98 Å². The van der Waals surface area contributed by atoms with Crippen LogP contribution in [0.4, 0.5) is 5.13 Å². The summed E-state index contributed by atoms with van der Waals surface area (Å²) in [5.74, 6) is -1.17. The fourth-order valence-electron chi connectivity index (χ4n) is 2.35. The lowest BCUT2D eigenvalue weighted by Gasteiger charge is -2.16. The molecule has 106 valence electrons. The zero-order chi connectivity index (χ0) is 13.8. The van der Waals surface area contributed by atoms with E-state index < -0.39 is 11.9 Å². The van der Waals surface area contributed by atoms with E-state index in [4.69, 9.17) is 4.74 Å². The average molecular weight is 284 g/mol. The molecule has 1 unspecified atom stereocenters. The number of aliphatic carboxylic acids is 1. The van der Waals surface area contributed by atoms with Crippen LogP contribution in [0.1, 0.15) is 35.8 Å². The Hall–Kier alpha value is -1.14. The van der Waals surface area contributed by atoms with Crippen LogP contribution >= 0.6 is 11.3 Å². The maximum Gasteiger partial charge on any atom is 0.312 e. The molecule has 0 aliphatic heterocycles. The molecule has 6 heteroatoms. The van der Waals surface area contributed by atoms with Gasteiger partial charge in [0.05, 0.1) is 5.69 Å². The molecule has 1 aliphatic carbocycles. The van der Waals surface area contributed by atoms with Crippen molar-refractivity contribution in [3.05, 3.63) is 10.6 Å². The lowest BCUT2D eigenvalue weighted by molar-refractivity contribution is -0.139. The van der Waals surface area contributed by atoms with E-state index >= 15 is 0 Å². The molecule has 1 aromatic heterocycles. The van der Waals surface area contributed by atoms with E-state index in [0.717, 1.165) is 48.1 Å². The number of methoxy groups -OCH3 is 1. The molecule has 0 bridgehead atoms. The van der Waals surface area contributed by atoms with Crippen molar-refractivity contribution >= 4 is 22.4 Å². The van der Waals surface area contributed by atoms with Crippen molar-refractivity contribution in [2.75, 3.05) is 32.2 Å². The number of thiazole rings is 1. The van der Waals surface area contributed by atoms with Gasteiger partial charge in [-0.2, -0.15) is 0 Å². The van der Waals surface area contributed by atoms with Gasteiger partial charge in [-0.1, -0.05) is 0 Å². The smallest absolute Gasteiger partial charge is 0.312 e. The molecule has 0 radical (unpaired) electrons. The minimum atomic E-state index is -0.750. The summed E-state index contributed by atoms with van der Waals surface area (Å²) in [5.41, 5.74) is 0.789. The molecular formula is C13H20N2O3S. The standard InChI is InChI=1S/C13H20N2O3S/c1-15(7-4-8-18-2)13-14-11-9(12(16)17)5-3-6-10(11)19-13/h9H,3-8H2,1-2H3,(H,16,17). The van der Waals surface area contributed by atoms with Crippen LogP contribution in [0, 0.1) is 0 Å². The van der Waals surface area contributed by atoms with E-state index in [1.54, 1.807) is 18.4 Å². The van der Waals surface area contributed by atoms with Gasteiger partial charge < -0.3 is 14.7 Å². The van der Waals surface area contributed by atoms with Crippen LogP contribution in [-0.4, -0.2) is 43.4 Å². The Labute approximate surface area is 117 Å². The number of nitrogens with zero attached hydrogens (tertiary/aromatic N) is 2. The Kier molecular flexibility index (Phi) is 4.76. The molecule has 2 rings (SSSR count). The van der Waals surface area contributed by atoms with Crippen molar-refractivity contribution in [1.29, 1.82) is 0 Å². The quantitative estimate of drug-likeness (QED) is 0.811. The molecule has 1 aliphatic rings. The number of ether oxygens (including phenoxy) is 1. The number of hydrogen-bond donors (Lipinski definition) is 1. The average Bonchev–Trinajstić information content (AvgIpc) is 2.82. The number of hydrogen-bond acceptors (Lipinski definition) is 5. The van der Waals surface area contributed by atoms with Crippen LogP contribution in [0.25, 0.3) is 0 Å².